The molecule has 0 radical (unpaired) electrons. The number of imidazole rings is 3. The van der Waals surface area contributed by atoms with Crippen molar-refractivity contribution in [3.05, 3.63) is 38.0 Å². The Morgan fingerprint density at radius 3 is 1.43 bits per heavy atom. The summed E-state index contributed by atoms with van der Waals surface area (Å²) in [4.78, 5) is 95.2. The van der Waals surface area contributed by atoms with Crippen molar-refractivity contribution < 1.29 is 108 Å². The Balaban J connectivity index is 0.837. The van der Waals surface area contributed by atoms with Gasteiger partial charge in [0.25, 0.3) is 0 Å². The van der Waals surface area contributed by atoms with Gasteiger partial charge in [-0.2, -0.15) is 0 Å². The van der Waals surface area contributed by atoms with Crippen LogP contribution in [0, 0.1) is 0 Å². The average molecular weight is 1500 g/mol. The minimum Gasteiger partial charge on any atom is -0.465 e. The zero-order chi connectivity index (χ0) is 70.2. The maximum absolute atomic E-state index is 14.2. The highest BCUT2D eigenvalue weighted by Gasteiger charge is 2.55. The van der Waals surface area contributed by atoms with Gasteiger partial charge in [-0.3, -0.25) is 45.6 Å². The van der Waals surface area contributed by atoms with Gasteiger partial charge in [0.05, 0.1) is 52.0 Å². The first-order valence-corrected chi connectivity index (χ1v) is 40.6. The number of phosphoric acid groups is 2. The Morgan fingerprint density at radius 1 is 0.541 bits per heavy atom. The summed E-state index contributed by atoms with van der Waals surface area (Å²) in [7, 11) is -7.76. The van der Waals surface area contributed by atoms with Gasteiger partial charge in [-0.1, -0.05) is 96.8 Å². The normalized spacial score (nSPS) is 26.1. The molecule has 0 aliphatic carbocycles. The number of aliphatic hydroxyl groups is 2. The third-order valence-electron chi connectivity index (χ3n) is 16.3. The molecule has 10 unspecified atom stereocenters. The number of esters is 1. The van der Waals surface area contributed by atoms with Crippen LogP contribution in [0.5, 0.6) is 0 Å². The number of aliphatic hydroxyl groups excluding tert-OH is 2. The third kappa shape index (κ3) is 20.4. The molecule has 546 valence electrons. The summed E-state index contributed by atoms with van der Waals surface area (Å²) in [6.07, 6.45) is 6.91. The third-order valence-corrected chi connectivity index (χ3v) is 22.8. The fourth-order valence-electron chi connectivity index (χ4n) is 11.6. The van der Waals surface area contributed by atoms with Gasteiger partial charge in [-0.15, -0.1) is 0 Å². The van der Waals surface area contributed by atoms with Gasteiger partial charge in [0.1, 0.15) is 97.1 Å². The number of nitrogens with two attached hydrogens (primary N) is 3. The molecular weight excluding hydrogens is 1410 g/mol. The molecule has 9 heterocycles. The molecular formula is C54H85N15O23P4S2. The predicted octanol–water partition coefficient (Wildman–Crippen LogP) is 5.61. The minimum absolute atomic E-state index is 0.00530. The lowest BCUT2D eigenvalue weighted by atomic mass is 10.0. The van der Waals surface area contributed by atoms with Gasteiger partial charge in [-0.05, 0) is 29.6 Å². The molecule has 0 saturated carbocycles. The van der Waals surface area contributed by atoms with Crippen molar-refractivity contribution in [2.75, 3.05) is 76.8 Å². The number of rotatable bonds is 43. The van der Waals surface area contributed by atoms with Gasteiger partial charge in [0.15, 0.2) is 53.1 Å². The standard InChI is InChI=1S/C54H85N15O23P4S2/c1-4-5-6-7-8-9-10-11-12-13-14-15-16-17-18-19-36(71)82-22-23-98-95(77,78)91-45-42(81-3)35(89-54(45)69-32-66-39-48(57)60-29-63-51(39)69)26-86-96(79,97)92-43-40(72)33(87-52(43)67-30-64-37-46(55)58-27-61-49(37)67)24-85-94(75,76)90-44-41(80-2)34(25-84-93(73,74)83-21-20-70)88-53(44)68-31-65-38-47(56)59-28-62-50(38)68/h27-35,40-45,52-54,70,72H,4-26H2,1-3H3,(H,73,74)(H,75,76)(H,77,78)(H,79,97)(H2,55,58,61)(H2,56,59,62)(H2,57,60,63)/t33-,34-,35-,40?,41?,42?,43?,44?,45?,52-,53-,54-,96?/m1/s1. The van der Waals surface area contributed by atoms with E-state index in [9.17, 15) is 43.2 Å². The Morgan fingerprint density at radius 2 is 0.959 bits per heavy atom. The highest BCUT2D eigenvalue weighted by molar-refractivity contribution is 8.54. The molecule has 3 saturated heterocycles. The fourth-order valence-corrected chi connectivity index (χ4v) is 17.0. The second kappa shape index (κ2) is 36.1. The predicted molar refractivity (Wildman–Crippen MR) is 353 cm³/mol. The Kier molecular flexibility index (Phi) is 28.6. The molecule has 9 rings (SSSR count). The summed E-state index contributed by atoms with van der Waals surface area (Å²) in [6, 6.07) is 0. The van der Waals surface area contributed by atoms with Gasteiger partial charge in [-0.25, -0.2) is 58.6 Å². The molecule has 3 fully saturated rings. The van der Waals surface area contributed by atoms with Crippen LogP contribution in [-0.4, -0.2) is 209 Å². The summed E-state index contributed by atoms with van der Waals surface area (Å²) in [5.74, 6) is -0.646. The number of methoxy groups -OCH3 is 2. The van der Waals surface area contributed by atoms with Crippen LogP contribution in [0.25, 0.3) is 33.5 Å². The summed E-state index contributed by atoms with van der Waals surface area (Å²) < 4.78 is 119. The van der Waals surface area contributed by atoms with Crippen LogP contribution < -0.4 is 17.2 Å². The number of aromatic nitrogens is 12. The van der Waals surface area contributed by atoms with Crippen LogP contribution in [0.3, 0.4) is 0 Å². The molecule has 6 aromatic rings. The molecule has 44 heteroatoms. The lowest BCUT2D eigenvalue weighted by Crippen LogP contribution is -2.38. The van der Waals surface area contributed by atoms with Crippen molar-refractivity contribution in [2.45, 2.75) is 183 Å². The first kappa shape index (κ1) is 77.6. The van der Waals surface area contributed by atoms with Crippen LogP contribution in [0.15, 0.2) is 38.0 Å². The van der Waals surface area contributed by atoms with Gasteiger partial charge in [0, 0.05) is 26.4 Å². The molecule has 12 N–H and O–H groups in total. The van der Waals surface area contributed by atoms with Gasteiger partial charge < -0.3 is 79.9 Å². The van der Waals surface area contributed by atoms with Crippen LogP contribution >= 0.6 is 40.5 Å². The zero-order valence-electron chi connectivity index (χ0n) is 54.0. The van der Waals surface area contributed by atoms with E-state index in [0.29, 0.717) is 17.8 Å². The van der Waals surface area contributed by atoms with E-state index in [1.807, 2.05) is 0 Å². The van der Waals surface area contributed by atoms with Crippen molar-refractivity contribution >= 4 is 109 Å². The van der Waals surface area contributed by atoms with Crippen LogP contribution in [0.1, 0.15) is 128 Å². The lowest BCUT2D eigenvalue weighted by molar-refractivity contribution is -0.143. The maximum Gasteiger partial charge on any atom is 0.472 e. The monoisotopic (exact) mass is 1500 g/mol. The van der Waals surface area contributed by atoms with E-state index in [0.717, 1.165) is 31.9 Å². The van der Waals surface area contributed by atoms with Gasteiger partial charge in [0.2, 0.25) is 0 Å². The molecule has 0 aromatic carbocycles. The van der Waals surface area contributed by atoms with Crippen molar-refractivity contribution in [1.29, 1.82) is 0 Å². The van der Waals surface area contributed by atoms with E-state index in [2.05, 4.69) is 51.8 Å². The van der Waals surface area contributed by atoms with E-state index < -0.39 is 142 Å². The number of nitrogen functional groups attached to an aromatic ring is 3. The number of carbonyl (C=O) groups is 1. The molecule has 0 bridgehead atoms. The molecule has 0 amide bonds. The fraction of sp³-hybridized carbons (Fsp3) is 0.704. The highest BCUT2D eigenvalue weighted by Crippen LogP contribution is 2.60. The van der Waals surface area contributed by atoms with Crippen LogP contribution in [0.2, 0.25) is 0 Å². The Bertz CT molecular complexity index is 3760. The zero-order valence-corrected chi connectivity index (χ0v) is 59.2. The largest absolute Gasteiger partial charge is 0.472 e. The average Bonchev–Trinajstić information content (AvgIpc) is 1.62. The minimum atomic E-state index is -5.41. The highest BCUT2D eigenvalue weighted by atomic mass is 32.7. The van der Waals surface area contributed by atoms with Crippen LogP contribution in [-0.2, 0) is 90.4 Å². The first-order chi connectivity index (χ1) is 47.0. The number of anilines is 3. The van der Waals surface area contributed by atoms with E-state index in [1.165, 1.54) is 124 Å². The SMILES string of the molecule is CCCCCCCCCCCCCCCCCC(=O)OCCSP(=O)(O)OC1C(OC)[C@@H](COP(O)(=S)OC2C(O)[C@@H](COP(=O)(O)OC3C(OC)[C@@H](COP(=O)(O)OCCO)O[C@H]3n3cnc4c(N)ncnc43)O[C@H]2n2cnc3c(N)ncnc32)O[C@H]1n1cnc2c(N)ncnc21. The van der Waals surface area contributed by atoms with Crippen molar-refractivity contribution in [1.82, 2.24) is 58.6 Å². The van der Waals surface area contributed by atoms with E-state index in [-0.39, 0.29) is 69.7 Å². The van der Waals surface area contributed by atoms with Gasteiger partial charge >= 0.3 is 35.1 Å². The summed E-state index contributed by atoms with van der Waals surface area (Å²) in [5, 5.41) is 21.2. The summed E-state index contributed by atoms with van der Waals surface area (Å²) in [6.45, 7) is -10.8. The van der Waals surface area contributed by atoms with Crippen molar-refractivity contribution in [2.24, 2.45) is 0 Å². The quantitative estimate of drug-likeness (QED) is 0.0128. The number of hydrogen-bond donors (Lipinski definition) is 9. The number of unbranched alkanes of at least 4 members (excludes halogenated alkanes) is 14. The topological polar surface area (TPSA) is 519 Å². The number of ether oxygens (including phenoxy) is 6. The molecule has 0 spiro atoms. The number of fused-ring (bicyclic) bond motifs is 3. The number of hydrogen-bond acceptors (Lipinski definition) is 33. The maximum atomic E-state index is 14.2. The first-order valence-electron chi connectivity index (χ1n) is 31.8. The molecule has 6 aromatic heterocycles. The van der Waals surface area contributed by atoms with E-state index >= 15 is 0 Å². The Hall–Kier alpha value is -4.51. The molecule has 3 aliphatic heterocycles. The van der Waals surface area contributed by atoms with Crippen molar-refractivity contribution in [3.63, 3.8) is 0 Å². The van der Waals surface area contributed by atoms with E-state index in [4.69, 9.17) is 94.2 Å². The number of phosphoric ester groups is 2. The number of nitrogens with zero attached hydrogens (tertiary/aromatic N) is 12. The molecule has 3 aliphatic rings. The van der Waals surface area contributed by atoms with E-state index in [1.54, 1.807) is 0 Å². The molecule has 16 atom stereocenters. The Labute approximate surface area is 571 Å². The number of carbonyl (C=O) groups excluding carboxylic acids is 1. The summed E-state index contributed by atoms with van der Waals surface area (Å²) >= 11 is 6.07. The lowest BCUT2D eigenvalue weighted by Gasteiger charge is -2.28. The molecule has 98 heavy (non-hydrogen) atoms. The second-order valence-corrected chi connectivity index (χ2v) is 32.7. The molecule has 38 nitrogen and oxygen atoms in total. The van der Waals surface area contributed by atoms with Crippen LogP contribution in [0.4, 0.5) is 17.5 Å². The second-order valence-electron chi connectivity index (χ2n) is 23.1. The smallest absolute Gasteiger partial charge is 0.465 e. The summed E-state index contributed by atoms with van der Waals surface area (Å²) in [5.41, 5.74) is 18.8. The van der Waals surface area contributed by atoms with Crippen molar-refractivity contribution in [3.8, 4) is 0 Å².